The second-order valence-electron chi connectivity index (χ2n) is 6.46. The maximum absolute atomic E-state index is 12.1. The zero-order chi connectivity index (χ0) is 17.0. The van der Waals surface area contributed by atoms with E-state index in [4.69, 9.17) is 5.73 Å². The van der Waals surface area contributed by atoms with Crippen LogP contribution in [0.5, 0.6) is 0 Å². The molecule has 1 aromatic carbocycles. The summed E-state index contributed by atoms with van der Waals surface area (Å²) in [5, 5.41) is 2.61. The van der Waals surface area contributed by atoms with Gasteiger partial charge in [0.05, 0.1) is 0 Å². The summed E-state index contributed by atoms with van der Waals surface area (Å²) in [5.74, 6) is -0.492. The lowest BCUT2D eigenvalue weighted by atomic mass is 9.88. The van der Waals surface area contributed by atoms with E-state index in [0.29, 0.717) is 17.3 Å². The summed E-state index contributed by atoms with van der Waals surface area (Å²) in [4.78, 5) is 12.0. The lowest BCUT2D eigenvalue weighted by Gasteiger charge is -2.26. The maximum Gasteiger partial charge on any atom is 0.241 e. The Hall–Kier alpha value is -1.60. The molecular formula is C16H25N3O3S. The zero-order valence-electron chi connectivity index (χ0n) is 13.6. The van der Waals surface area contributed by atoms with Crippen molar-refractivity contribution in [3.05, 3.63) is 23.8 Å². The smallest absolute Gasteiger partial charge is 0.241 e. The molecule has 1 fully saturated rings. The predicted octanol–water partition coefficient (Wildman–Crippen LogP) is 2.01. The van der Waals surface area contributed by atoms with E-state index in [1.807, 2.05) is 6.92 Å². The Kier molecular flexibility index (Phi) is 5.64. The Morgan fingerprint density at radius 3 is 2.57 bits per heavy atom. The molecule has 7 heteroatoms. The first-order chi connectivity index (χ1) is 10.7. The first-order valence-corrected chi connectivity index (χ1v) is 9.56. The molecule has 0 saturated heterocycles. The Labute approximate surface area is 137 Å². The van der Waals surface area contributed by atoms with Crippen LogP contribution in [0.3, 0.4) is 0 Å². The average molecular weight is 339 g/mol. The molecule has 0 heterocycles. The number of carbonyl (C=O) groups is 1. The molecule has 0 spiro atoms. The third kappa shape index (κ3) is 5.51. The van der Waals surface area contributed by atoms with E-state index in [0.717, 1.165) is 31.2 Å². The van der Waals surface area contributed by atoms with Crippen molar-refractivity contribution in [2.24, 2.45) is 5.92 Å². The number of nitrogens with one attached hydrogen (secondary N) is 2. The Bertz CT molecular complexity index is 665. The summed E-state index contributed by atoms with van der Waals surface area (Å²) in [6.45, 7) is 4.00. The van der Waals surface area contributed by atoms with Gasteiger partial charge in [0, 0.05) is 17.4 Å². The predicted molar refractivity (Wildman–Crippen MR) is 92.6 cm³/mol. The van der Waals surface area contributed by atoms with Crippen LogP contribution in [0.15, 0.2) is 18.2 Å². The number of carbonyl (C=O) groups excluding carboxylic acids is 1. The molecule has 1 aliphatic rings. The molecule has 1 amide bonds. The third-order valence-electron chi connectivity index (χ3n) is 4.22. The number of benzene rings is 1. The van der Waals surface area contributed by atoms with Crippen molar-refractivity contribution < 1.29 is 13.2 Å². The van der Waals surface area contributed by atoms with E-state index >= 15 is 0 Å². The Morgan fingerprint density at radius 2 is 1.91 bits per heavy atom. The van der Waals surface area contributed by atoms with Crippen LogP contribution in [0.1, 0.15) is 38.2 Å². The molecule has 0 atom stereocenters. The second-order valence-corrected chi connectivity index (χ2v) is 8.21. The summed E-state index contributed by atoms with van der Waals surface area (Å²) in [7, 11) is -3.63. The van der Waals surface area contributed by atoms with Gasteiger partial charge in [0.25, 0.3) is 0 Å². The highest BCUT2D eigenvalue weighted by Gasteiger charge is 2.24. The van der Waals surface area contributed by atoms with Gasteiger partial charge in [-0.25, -0.2) is 13.1 Å². The van der Waals surface area contributed by atoms with E-state index in [9.17, 15) is 13.2 Å². The number of aryl methyl sites for hydroxylation is 1. The van der Waals surface area contributed by atoms with Crippen LogP contribution in [-0.4, -0.2) is 26.1 Å². The molecular weight excluding hydrogens is 314 g/mol. The van der Waals surface area contributed by atoms with E-state index in [2.05, 4.69) is 17.0 Å². The highest BCUT2D eigenvalue weighted by Crippen LogP contribution is 2.24. The lowest BCUT2D eigenvalue weighted by molar-refractivity contribution is -0.113. The molecule has 2 rings (SSSR count). The van der Waals surface area contributed by atoms with Crippen LogP contribution in [0, 0.1) is 12.8 Å². The average Bonchev–Trinajstić information content (AvgIpc) is 2.44. The molecule has 128 valence electrons. The van der Waals surface area contributed by atoms with Gasteiger partial charge in [-0.15, -0.1) is 0 Å². The van der Waals surface area contributed by atoms with Gasteiger partial charge in [-0.2, -0.15) is 0 Å². The van der Waals surface area contributed by atoms with E-state index < -0.39 is 21.7 Å². The minimum Gasteiger partial charge on any atom is -0.399 e. The quantitative estimate of drug-likeness (QED) is 0.714. The van der Waals surface area contributed by atoms with E-state index in [-0.39, 0.29) is 6.04 Å². The van der Waals surface area contributed by atoms with Crippen LogP contribution in [0.25, 0.3) is 0 Å². The van der Waals surface area contributed by atoms with Gasteiger partial charge in [0.15, 0.2) is 0 Å². The largest absolute Gasteiger partial charge is 0.399 e. The van der Waals surface area contributed by atoms with Crippen molar-refractivity contribution >= 4 is 27.3 Å². The molecule has 1 aliphatic carbocycles. The van der Waals surface area contributed by atoms with Crippen molar-refractivity contribution in [2.75, 3.05) is 16.8 Å². The standard InChI is InChI=1S/C16H25N3O3S/c1-11-3-7-14(8-4-11)19-23(21,22)10-16(20)18-15-9-13(17)6-5-12(15)2/h5-6,9,11,14,19H,3-4,7-8,10,17H2,1-2H3,(H,18,20). The molecule has 0 unspecified atom stereocenters. The lowest BCUT2D eigenvalue weighted by Crippen LogP contribution is -2.41. The first-order valence-electron chi connectivity index (χ1n) is 7.91. The minimum absolute atomic E-state index is 0.0573. The van der Waals surface area contributed by atoms with E-state index in [1.165, 1.54) is 0 Å². The van der Waals surface area contributed by atoms with Gasteiger partial charge in [-0.1, -0.05) is 13.0 Å². The fourth-order valence-electron chi connectivity index (χ4n) is 2.81. The molecule has 0 bridgehead atoms. The number of nitrogens with two attached hydrogens (primary N) is 1. The molecule has 1 saturated carbocycles. The fraction of sp³-hybridized carbons (Fsp3) is 0.562. The van der Waals surface area contributed by atoms with Crippen LogP contribution < -0.4 is 15.8 Å². The minimum atomic E-state index is -3.63. The summed E-state index contributed by atoms with van der Waals surface area (Å²) in [6.07, 6.45) is 3.69. The maximum atomic E-state index is 12.1. The highest BCUT2D eigenvalue weighted by molar-refractivity contribution is 7.90. The second kappa shape index (κ2) is 7.31. The van der Waals surface area contributed by atoms with Crippen LogP contribution in [0.4, 0.5) is 11.4 Å². The van der Waals surface area contributed by atoms with Gasteiger partial charge in [0.2, 0.25) is 15.9 Å². The highest BCUT2D eigenvalue weighted by atomic mass is 32.2. The first kappa shape index (κ1) is 17.7. The van der Waals surface area contributed by atoms with Gasteiger partial charge >= 0.3 is 0 Å². The van der Waals surface area contributed by atoms with Gasteiger partial charge in [-0.05, 0) is 56.2 Å². The van der Waals surface area contributed by atoms with Crippen LogP contribution in [-0.2, 0) is 14.8 Å². The third-order valence-corrected chi connectivity index (χ3v) is 5.55. The molecule has 0 aromatic heterocycles. The number of sulfonamides is 1. The molecule has 1 aromatic rings. The summed E-state index contributed by atoms with van der Waals surface area (Å²) >= 11 is 0. The van der Waals surface area contributed by atoms with Crippen molar-refractivity contribution in [2.45, 2.75) is 45.6 Å². The van der Waals surface area contributed by atoms with Crippen molar-refractivity contribution in [3.63, 3.8) is 0 Å². The molecule has 0 aliphatic heterocycles. The monoisotopic (exact) mass is 339 g/mol. The summed E-state index contributed by atoms with van der Waals surface area (Å²) in [6, 6.07) is 5.07. The van der Waals surface area contributed by atoms with Gasteiger partial charge in [-0.3, -0.25) is 4.79 Å². The molecule has 0 radical (unpaired) electrons. The van der Waals surface area contributed by atoms with Crippen LogP contribution >= 0.6 is 0 Å². The summed E-state index contributed by atoms with van der Waals surface area (Å²) < 4.78 is 26.9. The van der Waals surface area contributed by atoms with Crippen molar-refractivity contribution in [1.29, 1.82) is 0 Å². The normalized spacial score (nSPS) is 21.8. The Morgan fingerprint density at radius 1 is 1.26 bits per heavy atom. The number of amides is 1. The van der Waals surface area contributed by atoms with Crippen molar-refractivity contribution in [1.82, 2.24) is 4.72 Å². The number of rotatable bonds is 5. The number of nitrogen functional groups attached to an aromatic ring is 1. The fourth-order valence-corrected chi connectivity index (χ4v) is 4.05. The topological polar surface area (TPSA) is 101 Å². The van der Waals surface area contributed by atoms with E-state index in [1.54, 1.807) is 18.2 Å². The van der Waals surface area contributed by atoms with Crippen molar-refractivity contribution in [3.8, 4) is 0 Å². The SMILES string of the molecule is Cc1ccc(N)cc1NC(=O)CS(=O)(=O)NC1CCC(C)CC1. The number of anilines is 2. The van der Waals surface area contributed by atoms with Crippen LogP contribution in [0.2, 0.25) is 0 Å². The molecule has 6 nitrogen and oxygen atoms in total. The zero-order valence-corrected chi connectivity index (χ0v) is 14.4. The Balaban J connectivity index is 1.92. The summed E-state index contributed by atoms with van der Waals surface area (Å²) in [5.41, 5.74) is 7.57. The number of hydrogen-bond acceptors (Lipinski definition) is 4. The molecule has 23 heavy (non-hydrogen) atoms. The number of hydrogen-bond donors (Lipinski definition) is 3. The van der Waals surface area contributed by atoms with Gasteiger partial charge in [0.1, 0.15) is 5.75 Å². The van der Waals surface area contributed by atoms with Gasteiger partial charge < -0.3 is 11.1 Å². The molecule has 4 N–H and O–H groups in total.